The summed E-state index contributed by atoms with van der Waals surface area (Å²) in [6.07, 6.45) is -4.00. The second-order valence-electron chi connectivity index (χ2n) is 5.46. The largest absolute Gasteiger partial charge is 0.506 e. The molecule has 9 N–H and O–H groups in total. The Bertz CT molecular complexity index is 687. The standard InChI is InChI=1S/3C6H7NO.C2H3F3/c3*7-5-3-1-2-4-6(5)8;1-2(3,4)5/h3*1-4,8H,7H2;1H3. The van der Waals surface area contributed by atoms with Gasteiger partial charge in [0, 0.05) is 6.92 Å². The summed E-state index contributed by atoms with van der Waals surface area (Å²) in [5.41, 5.74) is 17.1. The Morgan fingerprint density at radius 1 is 0.552 bits per heavy atom. The van der Waals surface area contributed by atoms with E-state index in [1.54, 1.807) is 72.8 Å². The maximum atomic E-state index is 10.4. The second-order valence-corrected chi connectivity index (χ2v) is 5.46. The van der Waals surface area contributed by atoms with Gasteiger partial charge in [-0.25, -0.2) is 0 Å². The molecule has 0 aliphatic heterocycles. The Hall–Kier alpha value is -3.75. The molecule has 0 saturated carbocycles. The summed E-state index contributed by atoms with van der Waals surface area (Å²) in [7, 11) is 0. The number of nitrogen functional groups attached to an aromatic ring is 3. The fourth-order valence-corrected chi connectivity index (χ4v) is 1.46. The van der Waals surface area contributed by atoms with Gasteiger partial charge in [0.1, 0.15) is 17.2 Å². The number of hydrogen-bond donors (Lipinski definition) is 6. The number of benzene rings is 3. The summed E-state index contributed by atoms with van der Waals surface area (Å²) in [5, 5.41) is 26.4. The molecule has 0 aliphatic carbocycles. The van der Waals surface area contributed by atoms with Crippen molar-refractivity contribution in [1.82, 2.24) is 0 Å². The van der Waals surface area contributed by atoms with Gasteiger partial charge in [-0.1, -0.05) is 36.4 Å². The quantitative estimate of drug-likeness (QED) is 0.238. The van der Waals surface area contributed by atoms with E-state index in [0.717, 1.165) is 0 Å². The SMILES string of the molecule is CC(F)(F)F.Nc1ccccc1O.Nc1ccccc1O.Nc1ccccc1O. The third-order valence-electron chi connectivity index (χ3n) is 2.81. The van der Waals surface area contributed by atoms with Crippen molar-refractivity contribution in [3.8, 4) is 17.2 Å². The lowest BCUT2D eigenvalue weighted by Crippen LogP contribution is -1.95. The predicted octanol–water partition coefficient (Wildman–Crippen LogP) is 4.49. The Kier molecular flexibility index (Phi) is 11.0. The lowest BCUT2D eigenvalue weighted by atomic mass is 10.3. The number of phenols is 3. The van der Waals surface area contributed by atoms with Crippen LogP contribution in [0.2, 0.25) is 0 Å². The minimum atomic E-state index is -4.00. The first kappa shape index (κ1) is 25.2. The van der Waals surface area contributed by atoms with E-state index in [9.17, 15) is 13.2 Å². The van der Waals surface area contributed by atoms with Crippen LogP contribution in [0.3, 0.4) is 0 Å². The van der Waals surface area contributed by atoms with E-state index in [4.69, 9.17) is 32.5 Å². The van der Waals surface area contributed by atoms with Crippen molar-refractivity contribution in [3.05, 3.63) is 72.8 Å². The number of nitrogens with two attached hydrogens (primary N) is 3. The van der Waals surface area contributed by atoms with Crippen LogP contribution in [-0.4, -0.2) is 21.5 Å². The molecule has 0 saturated heterocycles. The van der Waals surface area contributed by atoms with Crippen LogP contribution in [0.5, 0.6) is 17.2 Å². The Balaban J connectivity index is 0.000000367. The molecular formula is C20H24F3N3O3. The molecule has 0 aliphatic rings. The number of anilines is 3. The van der Waals surface area contributed by atoms with Crippen molar-refractivity contribution in [2.24, 2.45) is 0 Å². The van der Waals surface area contributed by atoms with E-state index in [-0.39, 0.29) is 24.2 Å². The van der Waals surface area contributed by atoms with Crippen LogP contribution in [0.1, 0.15) is 6.92 Å². The summed E-state index contributed by atoms with van der Waals surface area (Å²) in [5.74, 6) is 0.438. The third kappa shape index (κ3) is 14.0. The molecule has 0 atom stereocenters. The molecule has 3 aromatic rings. The summed E-state index contributed by atoms with van der Waals surface area (Å²) >= 11 is 0. The molecule has 0 spiro atoms. The van der Waals surface area contributed by atoms with Gasteiger partial charge in [-0.15, -0.1) is 0 Å². The van der Waals surface area contributed by atoms with E-state index in [2.05, 4.69) is 0 Å². The van der Waals surface area contributed by atoms with Gasteiger partial charge in [0.15, 0.2) is 0 Å². The van der Waals surface area contributed by atoms with Crippen LogP contribution in [0.4, 0.5) is 30.2 Å². The number of phenolic OH excluding ortho intramolecular Hbond substituents is 3. The fraction of sp³-hybridized carbons (Fsp3) is 0.100. The molecule has 3 rings (SSSR count). The molecule has 0 amide bonds. The lowest BCUT2D eigenvalue weighted by molar-refractivity contribution is -0.110. The number of alkyl halides is 3. The first-order valence-electron chi connectivity index (χ1n) is 8.09. The van der Waals surface area contributed by atoms with Crippen LogP contribution in [-0.2, 0) is 0 Å². The van der Waals surface area contributed by atoms with Gasteiger partial charge in [0.05, 0.1) is 17.1 Å². The van der Waals surface area contributed by atoms with Crippen LogP contribution in [0.25, 0.3) is 0 Å². The number of halogens is 3. The lowest BCUT2D eigenvalue weighted by Gasteiger charge is -1.92. The summed E-state index contributed by atoms with van der Waals surface area (Å²) in [6, 6.07) is 20.1. The van der Waals surface area contributed by atoms with Crippen molar-refractivity contribution in [3.63, 3.8) is 0 Å². The highest BCUT2D eigenvalue weighted by Gasteiger charge is 2.15. The van der Waals surface area contributed by atoms with Crippen molar-refractivity contribution in [2.75, 3.05) is 17.2 Å². The Morgan fingerprint density at radius 2 is 0.724 bits per heavy atom. The van der Waals surface area contributed by atoms with Crippen LogP contribution in [0, 0.1) is 0 Å². The predicted molar refractivity (Wildman–Crippen MR) is 109 cm³/mol. The summed E-state index contributed by atoms with van der Waals surface area (Å²) in [4.78, 5) is 0. The van der Waals surface area contributed by atoms with Crippen molar-refractivity contribution in [1.29, 1.82) is 0 Å². The fourth-order valence-electron chi connectivity index (χ4n) is 1.46. The zero-order valence-corrected chi connectivity index (χ0v) is 15.6. The van der Waals surface area contributed by atoms with Crippen LogP contribution >= 0.6 is 0 Å². The first-order valence-corrected chi connectivity index (χ1v) is 8.09. The van der Waals surface area contributed by atoms with Crippen molar-refractivity contribution in [2.45, 2.75) is 13.1 Å². The van der Waals surface area contributed by atoms with Crippen molar-refractivity contribution >= 4 is 17.1 Å². The monoisotopic (exact) mass is 411 g/mol. The topological polar surface area (TPSA) is 139 Å². The molecule has 0 aromatic heterocycles. The molecule has 3 aromatic carbocycles. The minimum absolute atomic E-state index is 0.146. The highest BCUT2D eigenvalue weighted by molar-refractivity contribution is 5.51. The van der Waals surface area contributed by atoms with Crippen molar-refractivity contribution < 1.29 is 28.5 Å². The molecule has 0 bridgehead atoms. The maximum absolute atomic E-state index is 10.4. The summed E-state index contributed by atoms with van der Waals surface area (Å²) in [6.45, 7) is 0.188. The zero-order valence-electron chi connectivity index (χ0n) is 15.6. The zero-order chi connectivity index (χ0) is 22.4. The number of rotatable bonds is 0. The maximum Gasteiger partial charge on any atom is 0.386 e. The molecule has 158 valence electrons. The van der Waals surface area contributed by atoms with Gasteiger partial charge in [-0.05, 0) is 36.4 Å². The van der Waals surface area contributed by atoms with E-state index < -0.39 is 6.18 Å². The Labute approximate surface area is 166 Å². The highest BCUT2D eigenvalue weighted by Crippen LogP contribution is 2.17. The molecule has 0 heterocycles. The first-order chi connectivity index (χ1) is 13.4. The summed E-state index contributed by atoms with van der Waals surface area (Å²) < 4.78 is 31.1. The normalized spacial score (nSPS) is 9.52. The molecule has 0 unspecified atom stereocenters. The van der Waals surface area contributed by atoms with Gasteiger partial charge >= 0.3 is 6.18 Å². The number of hydrogen-bond acceptors (Lipinski definition) is 6. The van der Waals surface area contributed by atoms with Gasteiger partial charge in [-0.2, -0.15) is 13.2 Å². The average molecular weight is 411 g/mol. The molecule has 0 radical (unpaired) electrons. The van der Waals surface area contributed by atoms with E-state index >= 15 is 0 Å². The molecule has 9 heteroatoms. The van der Waals surface area contributed by atoms with Gasteiger partial charge in [-0.3, -0.25) is 0 Å². The second kappa shape index (κ2) is 12.6. The van der Waals surface area contributed by atoms with Crippen LogP contribution in [0.15, 0.2) is 72.8 Å². The molecule has 29 heavy (non-hydrogen) atoms. The number of para-hydroxylation sites is 6. The third-order valence-corrected chi connectivity index (χ3v) is 2.81. The highest BCUT2D eigenvalue weighted by atomic mass is 19.4. The van der Waals surface area contributed by atoms with Crippen LogP contribution < -0.4 is 17.2 Å². The van der Waals surface area contributed by atoms with Gasteiger partial charge < -0.3 is 32.5 Å². The van der Waals surface area contributed by atoms with E-state index in [1.807, 2.05) is 0 Å². The molecule has 0 fully saturated rings. The average Bonchev–Trinajstić information content (AvgIpc) is 2.62. The minimum Gasteiger partial charge on any atom is -0.506 e. The molecule has 6 nitrogen and oxygen atoms in total. The van der Waals surface area contributed by atoms with E-state index in [0.29, 0.717) is 17.1 Å². The number of aromatic hydroxyl groups is 3. The van der Waals surface area contributed by atoms with E-state index in [1.165, 1.54) is 0 Å². The van der Waals surface area contributed by atoms with Gasteiger partial charge in [0.25, 0.3) is 0 Å². The smallest absolute Gasteiger partial charge is 0.386 e. The van der Waals surface area contributed by atoms with Gasteiger partial charge in [0.2, 0.25) is 0 Å². The Morgan fingerprint density at radius 3 is 0.828 bits per heavy atom. The molecular weight excluding hydrogens is 387 g/mol.